The lowest BCUT2D eigenvalue weighted by Gasteiger charge is -2.19. The third-order valence-electron chi connectivity index (χ3n) is 5.13. The van der Waals surface area contributed by atoms with E-state index in [0.29, 0.717) is 49.6 Å². The zero-order chi connectivity index (χ0) is 22.1. The van der Waals surface area contributed by atoms with Crippen molar-refractivity contribution in [2.24, 2.45) is 0 Å². The van der Waals surface area contributed by atoms with Gasteiger partial charge in [0.1, 0.15) is 11.6 Å². The van der Waals surface area contributed by atoms with Crippen molar-refractivity contribution in [3.05, 3.63) is 82.6 Å². The highest BCUT2D eigenvalue weighted by molar-refractivity contribution is 6.31. The van der Waals surface area contributed by atoms with Gasteiger partial charge in [-0.3, -0.25) is 4.79 Å². The third kappa shape index (κ3) is 4.40. The number of pyridine rings is 1. The molecule has 0 saturated carbocycles. The molecule has 1 N–H and O–H groups in total. The summed E-state index contributed by atoms with van der Waals surface area (Å²) in [7, 11) is 1.55. The first-order valence-corrected chi connectivity index (χ1v) is 10.0. The summed E-state index contributed by atoms with van der Waals surface area (Å²) in [4.78, 5) is 16.6. The van der Waals surface area contributed by atoms with Crippen LogP contribution in [0.4, 0.5) is 4.39 Å². The molecular formula is C25H20Cl2FNO3. The van der Waals surface area contributed by atoms with Gasteiger partial charge in [-0.25, -0.2) is 9.37 Å². The molecule has 0 aliphatic carbocycles. The van der Waals surface area contributed by atoms with Crippen LogP contribution in [0.3, 0.4) is 0 Å². The minimum atomic E-state index is -1.05. The Balaban J connectivity index is 0.00000289. The number of hydrogen-bond acceptors (Lipinski definition) is 3. The van der Waals surface area contributed by atoms with E-state index in [-0.39, 0.29) is 18.8 Å². The molecule has 0 aliphatic heterocycles. The zero-order valence-electron chi connectivity index (χ0n) is 17.4. The molecule has 1 heterocycles. The van der Waals surface area contributed by atoms with E-state index in [9.17, 15) is 14.3 Å². The van der Waals surface area contributed by atoms with Crippen LogP contribution >= 0.6 is 24.0 Å². The van der Waals surface area contributed by atoms with Crippen molar-refractivity contribution in [3.8, 4) is 28.1 Å². The lowest BCUT2D eigenvalue weighted by atomic mass is 9.89. The Bertz CT molecular complexity index is 1320. The number of carbonyl (C=O) groups is 1. The molecule has 0 unspecified atom stereocenters. The highest BCUT2D eigenvalue weighted by Crippen LogP contribution is 2.41. The molecule has 4 nitrogen and oxygen atoms in total. The van der Waals surface area contributed by atoms with E-state index >= 15 is 0 Å². The van der Waals surface area contributed by atoms with E-state index in [1.54, 1.807) is 43.5 Å². The van der Waals surface area contributed by atoms with Crippen LogP contribution in [-0.4, -0.2) is 23.2 Å². The first kappa shape index (κ1) is 23.5. The van der Waals surface area contributed by atoms with Crippen LogP contribution < -0.4 is 4.74 Å². The van der Waals surface area contributed by atoms with Gasteiger partial charge in [0.15, 0.2) is 0 Å². The van der Waals surface area contributed by atoms with E-state index in [0.717, 1.165) is 5.56 Å². The molecule has 0 saturated heterocycles. The molecule has 164 valence electrons. The van der Waals surface area contributed by atoms with Crippen LogP contribution in [0.25, 0.3) is 33.3 Å². The number of nitrogens with zero attached hydrogens (tertiary/aromatic N) is 1. The van der Waals surface area contributed by atoms with Crippen molar-refractivity contribution in [2.75, 3.05) is 7.11 Å². The van der Waals surface area contributed by atoms with E-state index in [1.807, 2.05) is 25.1 Å². The van der Waals surface area contributed by atoms with Gasteiger partial charge in [-0.15, -0.1) is 12.4 Å². The van der Waals surface area contributed by atoms with Crippen LogP contribution in [0, 0.1) is 12.7 Å². The van der Waals surface area contributed by atoms with Gasteiger partial charge in [-0.05, 0) is 54.4 Å². The van der Waals surface area contributed by atoms with E-state index < -0.39 is 11.8 Å². The average molecular weight is 472 g/mol. The van der Waals surface area contributed by atoms with Crippen molar-refractivity contribution in [1.82, 2.24) is 4.98 Å². The van der Waals surface area contributed by atoms with E-state index in [1.165, 1.54) is 6.07 Å². The molecule has 1 aromatic heterocycles. The van der Waals surface area contributed by atoms with Crippen molar-refractivity contribution in [2.45, 2.75) is 13.3 Å². The second kappa shape index (κ2) is 9.55. The highest BCUT2D eigenvalue weighted by atomic mass is 35.5. The molecule has 3 aromatic carbocycles. The van der Waals surface area contributed by atoms with Crippen LogP contribution in [-0.2, 0) is 11.2 Å². The average Bonchev–Trinajstić information content (AvgIpc) is 2.74. The summed E-state index contributed by atoms with van der Waals surface area (Å²) in [5.74, 6) is -0.949. The normalized spacial score (nSPS) is 10.6. The lowest BCUT2D eigenvalue weighted by Crippen LogP contribution is -2.08. The molecule has 0 atom stereocenters. The predicted molar refractivity (Wildman–Crippen MR) is 127 cm³/mol. The monoisotopic (exact) mass is 471 g/mol. The van der Waals surface area contributed by atoms with Crippen molar-refractivity contribution in [3.63, 3.8) is 0 Å². The summed E-state index contributed by atoms with van der Waals surface area (Å²) in [5, 5.41) is 10.7. The van der Waals surface area contributed by atoms with Gasteiger partial charge < -0.3 is 9.84 Å². The summed E-state index contributed by atoms with van der Waals surface area (Å²) in [6.07, 6.45) is -0.342. The highest BCUT2D eigenvalue weighted by Gasteiger charge is 2.23. The van der Waals surface area contributed by atoms with Gasteiger partial charge >= 0.3 is 5.97 Å². The second-order valence-electron chi connectivity index (χ2n) is 7.23. The first-order chi connectivity index (χ1) is 14.9. The zero-order valence-corrected chi connectivity index (χ0v) is 18.9. The van der Waals surface area contributed by atoms with Gasteiger partial charge in [0, 0.05) is 21.5 Å². The molecule has 0 fully saturated rings. The lowest BCUT2D eigenvalue weighted by molar-refractivity contribution is -0.136. The molecule has 32 heavy (non-hydrogen) atoms. The van der Waals surface area contributed by atoms with Gasteiger partial charge in [-0.2, -0.15) is 0 Å². The summed E-state index contributed by atoms with van der Waals surface area (Å²) < 4.78 is 20.5. The molecular weight excluding hydrogens is 452 g/mol. The van der Waals surface area contributed by atoms with Crippen molar-refractivity contribution < 1.29 is 19.0 Å². The number of carboxylic acids is 1. The van der Waals surface area contributed by atoms with Crippen LogP contribution in [0.5, 0.6) is 5.75 Å². The molecule has 4 rings (SSSR count). The maximum absolute atomic E-state index is 14.9. The fourth-order valence-corrected chi connectivity index (χ4v) is 3.97. The number of halogens is 3. The van der Waals surface area contributed by atoms with Crippen molar-refractivity contribution >= 4 is 40.9 Å². The topological polar surface area (TPSA) is 59.4 Å². The smallest absolute Gasteiger partial charge is 0.307 e. The predicted octanol–water partition coefficient (Wildman–Crippen LogP) is 6.73. The van der Waals surface area contributed by atoms with Crippen LogP contribution in [0.1, 0.15) is 11.1 Å². The molecule has 0 amide bonds. The second-order valence-corrected chi connectivity index (χ2v) is 7.67. The third-order valence-corrected chi connectivity index (χ3v) is 5.36. The standard InChI is InChI=1S/C25H19ClFNO3.ClH/c1-14-7-10-22(31-2)18(11-14)25-19(13-23(29)30)24(16-5-3-4-6-20(16)27)17-12-15(26)8-9-21(17)28-25;/h3-12H,13H2,1-2H3,(H,29,30);1H. The van der Waals surface area contributed by atoms with Crippen LogP contribution in [0.2, 0.25) is 5.02 Å². The van der Waals surface area contributed by atoms with E-state index in [2.05, 4.69) is 0 Å². The summed E-state index contributed by atoms with van der Waals surface area (Å²) in [6, 6.07) is 17.0. The number of ether oxygens (including phenoxy) is 1. The molecule has 4 aromatic rings. The maximum Gasteiger partial charge on any atom is 0.307 e. The number of methoxy groups -OCH3 is 1. The SMILES string of the molecule is COc1ccc(C)cc1-c1nc2ccc(Cl)cc2c(-c2ccccc2F)c1CC(=O)O.Cl. The molecule has 0 spiro atoms. The van der Waals surface area contributed by atoms with Crippen LogP contribution in [0.15, 0.2) is 60.7 Å². The minimum absolute atomic E-state index is 0. The number of fused-ring (bicyclic) bond motifs is 1. The van der Waals surface area contributed by atoms with Gasteiger partial charge in [0.2, 0.25) is 0 Å². The number of rotatable bonds is 5. The number of hydrogen-bond donors (Lipinski definition) is 1. The Morgan fingerprint density at radius 3 is 2.53 bits per heavy atom. The minimum Gasteiger partial charge on any atom is -0.496 e. The molecule has 0 bridgehead atoms. The maximum atomic E-state index is 14.9. The Morgan fingerprint density at radius 1 is 1.09 bits per heavy atom. The number of carboxylic acid groups (broad SMARTS) is 1. The van der Waals surface area contributed by atoms with Crippen molar-refractivity contribution in [1.29, 1.82) is 0 Å². The van der Waals surface area contributed by atoms with E-state index in [4.69, 9.17) is 21.3 Å². The summed E-state index contributed by atoms with van der Waals surface area (Å²) in [5.41, 5.74) is 3.78. The Hall–Kier alpha value is -3.15. The van der Waals surface area contributed by atoms with Gasteiger partial charge in [0.05, 0.1) is 24.7 Å². The van der Waals surface area contributed by atoms with Gasteiger partial charge in [0.25, 0.3) is 0 Å². The van der Waals surface area contributed by atoms with Gasteiger partial charge in [-0.1, -0.05) is 41.4 Å². The summed E-state index contributed by atoms with van der Waals surface area (Å²) in [6.45, 7) is 1.93. The Kier molecular flexibility index (Phi) is 7.02. The number of benzene rings is 3. The first-order valence-electron chi connectivity index (χ1n) is 9.63. The number of aliphatic carboxylic acids is 1. The number of aryl methyl sites for hydroxylation is 1. The fraction of sp³-hybridized carbons (Fsp3) is 0.120. The quantitative estimate of drug-likeness (QED) is 0.350. The Morgan fingerprint density at radius 2 is 1.84 bits per heavy atom. The number of aromatic nitrogens is 1. The molecule has 0 aliphatic rings. The Labute approximate surface area is 196 Å². The summed E-state index contributed by atoms with van der Waals surface area (Å²) >= 11 is 6.24. The molecule has 7 heteroatoms. The largest absolute Gasteiger partial charge is 0.496 e. The molecule has 0 radical (unpaired) electrons. The fourth-order valence-electron chi connectivity index (χ4n) is 3.80.